The van der Waals surface area contributed by atoms with Gasteiger partial charge in [0.05, 0.1) is 4.92 Å². The van der Waals surface area contributed by atoms with Crippen molar-refractivity contribution in [2.45, 2.75) is 32.2 Å². The Labute approximate surface area is 115 Å². The summed E-state index contributed by atoms with van der Waals surface area (Å²) in [5.41, 5.74) is 0.925. The topological polar surface area (TPSA) is 55.2 Å². The number of hydrogen-bond donors (Lipinski definition) is 1. The van der Waals surface area contributed by atoms with Gasteiger partial charge in [0.2, 0.25) is 0 Å². The molecule has 1 saturated carbocycles. The fourth-order valence-electron chi connectivity index (χ4n) is 2.00. The molecule has 5 heteroatoms. The summed E-state index contributed by atoms with van der Waals surface area (Å²) in [6, 6.07) is 5.20. The zero-order valence-electron chi connectivity index (χ0n) is 10.2. The van der Waals surface area contributed by atoms with E-state index in [0.717, 1.165) is 28.9 Å². The molecule has 2 rings (SSSR count). The Hall–Kier alpha value is -0.940. The van der Waals surface area contributed by atoms with Crippen molar-refractivity contribution in [1.29, 1.82) is 0 Å². The van der Waals surface area contributed by atoms with Crippen molar-refractivity contribution in [2.75, 3.05) is 6.54 Å². The fourth-order valence-corrected chi connectivity index (χ4v) is 2.35. The lowest BCUT2D eigenvalue weighted by atomic mass is 10.1. The number of halogens is 1. The van der Waals surface area contributed by atoms with E-state index >= 15 is 0 Å². The Balaban J connectivity index is 1.81. The van der Waals surface area contributed by atoms with Crippen LogP contribution in [0.3, 0.4) is 0 Å². The van der Waals surface area contributed by atoms with Crippen LogP contribution < -0.4 is 5.32 Å². The third-order valence-electron chi connectivity index (χ3n) is 3.22. The first-order valence-electron chi connectivity index (χ1n) is 6.30. The summed E-state index contributed by atoms with van der Waals surface area (Å²) in [6.07, 6.45) is 5.22. The molecule has 0 amide bonds. The molecule has 1 aromatic rings. The highest BCUT2D eigenvalue weighted by atomic mass is 79.9. The van der Waals surface area contributed by atoms with Crippen LogP contribution in [0, 0.1) is 16.0 Å². The molecule has 0 atom stereocenters. The van der Waals surface area contributed by atoms with Crippen molar-refractivity contribution in [3.8, 4) is 0 Å². The number of nitro benzene ring substituents is 1. The summed E-state index contributed by atoms with van der Waals surface area (Å²) in [5.74, 6) is 0.953. The smallest absolute Gasteiger partial charge is 0.275 e. The van der Waals surface area contributed by atoms with Crippen LogP contribution in [0.15, 0.2) is 22.7 Å². The van der Waals surface area contributed by atoms with Crippen LogP contribution in [-0.4, -0.2) is 11.5 Å². The van der Waals surface area contributed by atoms with Crippen molar-refractivity contribution in [2.24, 2.45) is 5.92 Å². The molecule has 0 radical (unpaired) electrons. The van der Waals surface area contributed by atoms with Crippen molar-refractivity contribution in [1.82, 2.24) is 5.32 Å². The highest BCUT2D eigenvalue weighted by molar-refractivity contribution is 9.10. The van der Waals surface area contributed by atoms with Gasteiger partial charge in [-0.2, -0.15) is 0 Å². The summed E-state index contributed by atoms with van der Waals surface area (Å²) < 4.78 is 0.742. The summed E-state index contributed by atoms with van der Waals surface area (Å²) in [7, 11) is 0. The van der Waals surface area contributed by atoms with Gasteiger partial charge in [-0.15, -0.1) is 0 Å². The second-order valence-corrected chi connectivity index (χ2v) is 5.71. The van der Waals surface area contributed by atoms with E-state index < -0.39 is 0 Å². The van der Waals surface area contributed by atoms with Gasteiger partial charge in [-0.1, -0.05) is 28.8 Å². The lowest BCUT2D eigenvalue weighted by molar-refractivity contribution is -0.385. The molecule has 0 spiro atoms. The Morgan fingerprint density at radius 2 is 2.22 bits per heavy atom. The molecule has 1 fully saturated rings. The highest BCUT2D eigenvalue weighted by Crippen LogP contribution is 2.33. The van der Waals surface area contributed by atoms with Crippen molar-refractivity contribution < 1.29 is 4.92 Å². The number of nitrogens with one attached hydrogen (secondary N) is 1. The molecule has 18 heavy (non-hydrogen) atoms. The number of hydrogen-bond acceptors (Lipinski definition) is 3. The van der Waals surface area contributed by atoms with E-state index in [1.54, 1.807) is 12.1 Å². The molecule has 0 bridgehead atoms. The SMILES string of the molecule is O=[N+]([O-])c1cc(Br)ccc1CNCCCC1CC1. The molecule has 98 valence electrons. The zero-order valence-corrected chi connectivity index (χ0v) is 11.8. The normalized spacial score (nSPS) is 14.7. The van der Waals surface area contributed by atoms with Crippen molar-refractivity contribution >= 4 is 21.6 Å². The van der Waals surface area contributed by atoms with Crippen LogP contribution in [0.5, 0.6) is 0 Å². The van der Waals surface area contributed by atoms with E-state index in [9.17, 15) is 10.1 Å². The van der Waals surface area contributed by atoms with E-state index in [4.69, 9.17) is 0 Å². The first-order chi connectivity index (χ1) is 8.66. The van der Waals surface area contributed by atoms with E-state index in [1.165, 1.54) is 19.3 Å². The number of rotatable bonds is 7. The molecule has 1 aliphatic rings. The summed E-state index contributed by atoms with van der Waals surface area (Å²) in [6.45, 7) is 1.50. The van der Waals surface area contributed by atoms with Crippen molar-refractivity contribution in [3.63, 3.8) is 0 Å². The van der Waals surface area contributed by atoms with E-state index in [1.807, 2.05) is 6.07 Å². The summed E-state index contributed by atoms with van der Waals surface area (Å²) >= 11 is 3.26. The second kappa shape index (κ2) is 6.29. The first kappa shape index (κ1) is 13.5. The van der Waals surface area contributed by atoms with Gasteiger partial charge in [-0.25, -0.2) is 0 Å². The second-order valence-electron chi connectivity index (χ2n) is 4.79. The minimum absolute atomic E-state index is 0.180. The molecule has 0 aliphatic heterocycles. The number of nitrogens with zero attached hydrogens (tertiary/aromatic N) is 1. The molecule has 1 aliphatic carbocycles. The maximum atomic E-state index is 10.9. The van der Waals surface area contributed by atoms with Gasteiger partial charge < -0.3 is 5.32 Å². The molecule has 1 aromatic carbocycles. The van der Waals surface area contributed by atoms with Gasteiger partial charge in [0.1, 0.15) is 0 Å². The quantitative estimate of drug-likeness (QED) is 0.475. The van der Waals surface area contributed by atoms with E-state index in [-0.39, 0.29) is 10.6 Å². The lowest BCUT2D eigenvalue weighted by Gasteiger charge is -2.06. The fraction of sp³-hybridized carbons (Fsp3) is 0.538. The molecule has 0 saturated heterocycles. The Morgan fingerprint density at radius 3 is 2.89 bits per heavy atom. The molecular formula is C13H17BrN2O2. The van der Waals surface area contributed by atoms with Crippen LogP contribution in [0.1, 0.15) is 31.2 Å². The highest BCUT2D eigenvalue weighted by Gasteiger charge is 2.20. The molecule has 1 N–H and O–H groups in total. The summed E-state index contributed by atoms with van der Waals surface area (Å²) in [5, 5.41) is 14.2. The summed E-state index contributed by atoms with van der Waals surface area (Å²) in [4.78, 5) is 10.6. The Bertz CT molecular complexity index is 433. The Morgan fingerprint density at radius 1 is 1.44 bits per heavy atom. The maximum absolute atomic E-state index is 10.9. The average molecular weight is 313 g/mol. The van der Waals surface area contributed by atoms with E-state index in [2.05, 4.69) is 21.2 Å². The van der Waals surface area contributed by atoms with Crippen molar-refractivity contribution in [3.05, 3.63) is 38.3 Å². The standard InChI is InChI=1S/C13H17BrN2O2/c14-12-6-5-11(13(8-12)16(17)18)9-15-7-1-2-10-3-4-10/h5-6,8,10,15H,1-4,7,9H2. The molecular weight excluding hydrogens is 296 g/mol. The minimum atomic E-state index is -0.327. The molecule has 0 heterocycles. The van der Waals surface area contributed by atoms with Gasteiger partial charge in [-0.05, 0) is 37.4 Å². The predicted octanol–water partition coefficient (Wildman–Crippen LogP) is 3.64. The van der Waals surface area contributed by atoms with Gasteiger partial charge >= 0.3 is 0 Å². The lowest BCUT2D eigenvalue weighted by Crippen LogP contribution is -2.15. The zero-order chi connectivity index (χ0) is 13.0. The monoisotopic (exact) mass is 312 g/mol. The molecule has 0 aromatic heterocycles. The van der Waals surface area contributed by atoms with Crippen LogP contribution in [0.2, 0.25) is 0 Å². The predicted molar refractivity (Wildman–Crippen MR) is 74.5 cm³/mol. The largest absolute Gasteiger partial charge is 0.312 e. The molecule has 4 nitrogen and oxygen atoms in total. The average Bonchev–Trinajstić information content (AvgIpc) is 3.14. The third kappa shape index (κ3) is 4.07. The van der Waals surface area contributed by atoms with Gasteiger partial charge in [-0.3, -0.25) is 10.1 Å². The van der Waals surface area contributed by atoms with E-state index in [0.29, 0.717) is 6.54 Å². The molecule has 0 unspecified atom stereocenters. The van der Waals surface area contributed by atoms with Gasteiger partial charge in [0, 0.05) is 22.6 Å². The van der Waals surface area contributed by atoms with Gasteiger partial charge in [0.25, 0.3) is 5.69 Å². The number of benzene rings is 1. The maximum Gasteiger partial charge on any atom is 0.275 e. The number of nitro groups is 1. The van der Waals surface area contributed by atoms with Crippen LogP contribution in [-0.2, 0) is 6.54 Å². The van der Waals surface area contributed by atoms with Crippen LogP contribution >= 0.6 is 15.9 Å². The van der Waals surface area contributed by atoms with Crippen LogP contribution in [0.4, 0.5) is 5.69 Å². The first-order valence-corrected chi connectivity index (χ1v) is 7.09. The minimum Gasteiger partial charge on any atom is -0.312 e. The van der Waals surface area contributed by atoms with Crippen LogP contribution in [0.25, 0.3) is 0 Å². The van der Waals surface area contributed by atoms with Gasteiger partial charge in [0.15, 0.2) is 0 Å². The Kier molecular flexibility index (Phi) is 4.72. The third-order valence-corrected chi connectivity index (χ3v) is 3.72.